The van der Waals surface area contributed by atoms with Crippen LogP contribution in [-0.4, -0.2) is 36.4 Å². The number of nitrogens with one attached hydrogen (secondary N) is 1. The number of aromatic nitrogens is 5. The van der Waals surface area contributed by atoms with Gasteiger partial charge in [-0.15, -0.1) is 11.3 Å². The number of pyridine rings is 1. The van der Waals surface area contributed by atoms with Gasteiger partial charge in [-0.05, 0) is 25.5 Å². The van der Waals surface area contributed by atoms with Crippen molar-refractivity contribution in [3.05, 3.63) is 45.9 Å². The molecule has 0 aliphatic rings. The average Bonchev–Trinajstić information content (AvgIpc) is 3.48. The Hall–Kier alpha value is -3.45. The van der Waals surface area contributed by atoms with Gasteiger partial charge in [0.15, 0.2) is 0 Å². The molecule has 4 rings (SSSR count). The summed E-state index contributed by atoms with van der Waals surface area (Å²) < 4.78 is 44.0. The van der Waals surface area contributed by atoms with Crippen LogP contribution < -0.4 is 11.1 Å². The lowest BCUT2D eigenvalue weighted by Gasteiger charge is -2.12. The van der Waals surface area contributed by atoms with Crippen LogP contribution in [0.2, 0.25) is 5.02 Å². The summed E-state index contributed by atoms with van der Waals surface area (Å²) in [5, 5.41) is 11.6. The Morgan fingerprint density at radius 1 is 1.23 bits per heavy atom. The van der Waals surface area contributed by atoms with E-state index in [0.29, 0.717) is 34.2 Å². The lowest BCUT2D eigenvalue weighted by atomic mass is 10.0. The maximum atomic E-state index is 13.7. The monoisotopic (exact) mass is 525 g/mol. The van der Waals surface area contributed by atoms with Crippen molar-refractivity contribution in [1.82, 2.24) is 24.5 Å². The third kappa shape index (κ3) is 5.00. The summed E-state index contributed by atoms with van der Waals surface area (Å²) in [5.41, 5.74) is 5.43. The molecule has 0 unspecified atom stereocenters. The Balaban J connectivity index is 1.85. The highest BCUT2D eigenvalue weighted by Crippen LogP contribution is 2.44. The van der Waals surface area contributed by atoms with E-state index >= 15 is 0 Å². The molecule has 0 radical (unpaired) electrons. The Morgan fingerprint density at radius 3 is 2.54 bits per heavy atom. The molecule has 0 bridgehead atoms. The van der Waals surface area contributed by atoms with E-state index in [9.17, 15) is 22.8 Å². The first-order valence-electron chi connectivity index (χ1n) is 10.3. The van der Waals surface area contributed by atoms with Crippen LogP contribution in [0.3, 0.4) is 0 Å². The molecular formula is C21H19ClF3N7O2S. The number of hydrogen-bond acceptors (Lipinski definition) is 6. The second-order valence-corrected chi connectivity index (χ2v) is 9.04. The summed E-state index contributed by atoms with van der Waals surface area (Å²) >= 11 is 6.52. The lowest BCUT2D eigenvalue weighted by Crippen LogP contribution is -2.18. The van der Waals surface area contributed by atoms with Gasteiger partial charge in [-0.25, -0.2) is 4.98 Å². The van der Waals surface area contributed by atoms with Gasteiger partial charge in [0.2, 0.25) is 5.91 Å². The van der Waals surface area contributed by atoms with Crippen LogP contribution in [0.4, 0.5) is 18.9 Å². The molecule has 0 spiro atoms. The summed E-state index contributed by atoms with van der Waals surface area (Å²) in [7, 11) is 0. The molecule has 0 aliphatic carbocycles. The van der Waals surface area contributed by atoms with E-state index in [4.69, 9.17) is 17.3 Å². The summed E-state index contributed by atoms with van der Waals surface area (Å²) in [6.45, 7) is 4.19. The number of fused-ring (bicyclic) bond motifs is 1. The zero-order chi connectivity index (χ0) is 25.5. The molecule has 0 aromatic carbocycles. The number of carbonyl (C=O) groups is 2. The SMILES string of the molecule is CCn1cc(-c2cc(C(F)(F)F)nc3sc(C(N)=O)c(NC(=O)CCn4cc(Cl)cn4)c23)c(C)n1. The quantitative estimate of drug-likeness (QED) is 0.368. The highest BCUT2D eigenvalue weighted by Gasteiger charge is 2.35. The molecule has 0 atom stereocenters. The fourth-order valence-electron chi connectivity index (χ4n) is 3.57. The predicted octanol–water partition coefficient (Wildman–Crippen LogP) is 4.48. The number of halogens is 4. The van der Waals surface area contributed by atoms with E-state index in [1.807, 2.05) is 6.92 Å². The Kier molecular flexibility index (Phi) is 6.56. The summed E-state index contributed by atoms with van der Waals surface area (Å²) in [6, 6.07) is 0.894. The minimum absolute atomic E-state index is 0.0147. The van der Waals surface area contributed by atoms with Crippen molar-refractivity contribution in [2.45, 2.75) is 39.5 Å². The fourth-order valence-corrected chi connectivity index (χ4v) is 4.74. The van der Waals surface area contributed by atoms with Gasteiger partial charge < -0.3 is 11.1 Å². The number of hydrogen-bond donors (Lipinski definition) is 2. The molecule has 0 fully saturated rings. The highest BCUT2D eigenvalue weighted by atomic mass is 35.5. The van der Waals surface area contributed by atoms with Crippen LogP contribution in [0.5, 0.6) is 0 Å². The third-order valence-electron chi connectivity index (χ3n) is 5.17. The maximum absolute atomic E-state index is 13.7. The molecule has 4 aromatic heterocycles. The summed E-state index contributed by atoms with van der Waals surface area (Å²) in [4.78, 5) is 28.5. The van der Waals surface area contributed by atoms with Gasteiger partial charge in [-0.1, -0.05) is 11.6 Å². The fraction of sp³-hybridized carbons (Fsp3) is 0.286. The van der Waals surface area contributed by atoms with Crippen molar-refractivity contribution < 1.29 is 22.8 Å². The lowest BCUT2D eigenvalue weighted by molar-refractivity contribution is -0.140. The standard InChI is InChI=1S/C21H19ClF3N7O2S/c1-3-31-9-13(10(2)30-31)12-6-14(21(23,24)25)28-20-16(12)17(18(35-20)19(26)34)29-15(33)4-5-32-8-11(22)7-27-32/h6-9H,3-5H2,1-2H3,(H2,26,34)(H,29,33). The number of thiophene rings is 1. The first-order chi connectivity index (χ1) is 16.5. The van der Waals surface area contributed by atoms with E-state index in [1.54, 1.807) is 24.0 Å². The zero-order valence-corrected chi connectivity index (χ0v) is 20.1. The molecule has 14 heteroatoms. The van der Waals surface area contributed by atoms with Gasteiger partial charge in [0, 0.05) is 42.9 Å². The first kappa shape index (κ1) is 24.7. The highest BCUT2D eigenvalue weighted by molar-refractivity contribution is 7.21. The average molecular weight is 526 g/mol. The predicted molar refractivity (Wildman–Crippen MR) is 125 cm³/mol. The second kappa shape index (κ2) is 9.30. The van der Waals surface area contributed by atoms with Crippen molar-refractivity contribution in [3.63, 3.8) is 0 Å². The van der Waals surface area contributed by atoms with Crippen molar-refractivity contribution in [2.75, 3.05) is 5.32 Å². The molecule has 9 nitrogen and oxygen atoms in total. The number of alkyl halides is 3. The van der Waals surface area contributed by atoms with Crippen molar-refractivity contribution >= 4 is 50.7 Å². The normalized spacial score (nSPS) is 11.8. The summed E-state index contributed by atoms with van der Waals surface area (Å²) in [5.74, 6) is -1.40. The van der Waals surface area contributed by atoms with Crippen LogP contribution in [0.1, 0.15) is 34.4 Å². The van der Waals surface area contributed by atoms with Gasteiger partial charge in [0.25, 0.3) is 5.91 Å². The Morgan fingerprint density at radius 2 is 1.97 bits per heavy atom. The van der Waals surface area contributed by atoms with Gasteiger partial charge >= 0.3 is 6.18 Å². The minimum Gasteiger partial charge on any atom is -0.365 e. The largest absolute Gasteiger partial charge is 0.433 e. The molecular weight excluding hydrogens is 507 g/mol. The van der Waals surface area contributed by atoms with Crippen LogP contribution in [0.25, 0.3) is 21.3 Å². The molecule has 3 N–H and O–H groups in total. The number of nitrogens with two attached hydrogens (primary N) is 1. The molecule has 35 heavy (non-hydrogen) atoms. The van der Waals surface area contributed by atoms with Gasteiger partial charge in [-0.2, -0.15) is 23.4 Å². The Bertz CT molecular complexity index is 1440. The van der Waals surface area contributed by atoms with Crippen LogP contribution in [0.15, 0.2) is 24.7 Å². The second-order valence-electron chi connectivity index (χ2n) is 7.61. The number of rotatable bonds is 7. The van der Waals surface area contributed by atoms with E-state index in [0.717, 1.165) is 6.07 Å². The Labute approximate surface area is 205 Å². The molecule has 0 saturated carbocycles. The number of primary amides is 1. The molecule has 0 saturated heterocycles. The zero-order valence-electron chi connectivity index (χ0n) is 18.5. The number of carbonyl (C=O) groups excluding carboxylic acids is 2. The van der Waals surface area contributed by atoms with Crippen molar-refractivity contribution in [2.24, 2.45) is 5.73 Å². The van der Waals surface area contributed by atoms with Gasteiger partial charge in [0.1, 0.15) is 15.4 Å². The molecule has 4 aromatic rings. The minimum atomic E-state index is -4.73. The van der Waals surface area contributed by atoms with Crippen molar-refractivity contribution in [3.8, 4) is 11.1 Å². The van der Waals surface area contributed by atoms with Crippen LogP contribution in [0, 0.1) is 6.92 Å². The molecule has 0 aliphatic heterocycles. The van der Waals surface area contributed by atoms with Gasteiger partial charge in [0.05, 0.1) is 22.6 Å². The number of anilines is 1. The van der Waals surface area contributed by atoms with E-state index < -0.39 is 23.7 Å². The van der Waals surface area contributed by atoms with Crippen molar-refractivity contribution in [1.29, 1.82) is 0 Å². The molecule has 4 heterocycles. The smallest absolute Gasteiger partial charge is 0.365 e. The first-order valence-corrected chi connectivity index (χ1v) is 11.5. The van der Waals surface area contributed by atoms with Crippen LogP contribution in [-0.2, 0) is 24.1 Å². The van der Waals surface area contributed by atoms with E-state index in [1.165, 1.54) is 10.9 Å². The van der Waals surface area contributed by atoms with E-state index in [-0.39, 0.29) is 39.3 Å². The topological polar surface area (TPSA) is 121 Å². The number of aryl methyl sites for hydroxylation is 3. The van der Waals surface area contributed by atoms with Crippen LogP contribution >= 0.6 is 22.9 Å². The number of amides is 2. The third-order valence-corrected chi connectivity index (χ3v) is 6.46. The maximum Gasteiger partial charge on any atom is 0.433 e. The molecule has 2 amide bonds. The van der Waals surface area contributed by atoms with E-state index in [2.05, 4.69) is 20.5 Å². The number of nitrogens with zero attached hydrogens (tertiary/aromatic N) is 5. The summed E-state index contributed by atoms with van der Waals surface area (Å²) in [6.07, 6.45) is -0.198. The molecule has 184 valence electrons. The van der Waals surface area contributed by atoms with Gasteiger partial charge in [-0.3, -0.25) is 19.0 Å².